The summed E-state index contributed by atoms with van der Waals surface area (Å²) < 4.78 is 0. The van der Waals surface area contributed by atoms with Crippen LogP contribution in [-0.4, -0.2) is 37.3 Å². The van der Waals surface area contributed by atoms with Crippen molar-refractivity contribution >= 4 is 26.2 Å². The van der Waals surface area contributed by atoms with E-state index in [2.05, 4.69) is 31.7 Å². The van der Waals surface area contributed by atoms with Gasteiger partial charge < -0.3 is 0 Å². The van der Waals surface area contributed by atoms with Crippen molar-refractivity contribution in [3.63, 3.8) is 0 Å². The van der Waals surface area contributed by atoms with E-state index in [1.165, 1.54) is 11.1 Å². The van der Waals surface area contributed by atoms with Gasteiger partial charge in [-0.25, -0.2) is 0 Å². The van der Waals surface area contributed by atoms with Crippen molar-refractivity contribution in [3.05, 3.63) is 12.8 Å². The van der Waals surface area contributed by atoms with Crippen molar-refractivity contribution in [2.24, 2.45) is 4.90 Å². The van der Waals surface area contributed by atoms with Gasteiger partial charge in [0.2, 0.25) is 0 Å². The molecule has 0 rings (SSSR count). The van der Waals surface area contributed by atoms with Gasteiger partial charge in [0.05, 0.1) is 0 Å². The average Bonchev–Trinajstić information content (AvgIpc) is 2.00. The summed E-state index contributed by atoms with van der Waals surface area (Å²) in [6, 6.07) is 0. The Kier molecular flexibility index (Phi) is 5.83. The van der Waals surface area contributed by atoms with Crippen LogP contribution >= 0.6 is 12.6 Å². The molecule has 5 heteroatoms. The van der Waals surface area contributed by atoms with Crippen LogP contribution in [0.3, 0.4) is 0 Å². The summed E-state index contributed by atoms with van der Waals surface area (Å²) in [5.74, 6) is 0.526. The molecule has 0 spiro atoms. The number of carbonyl (C=O) groups is 1. The van der Waals surface area contributed by atoms with Gasteiger partial charge in [0.1, 0.15) is 0 Å². The summed E-state index contributed by atoms with van der Waals surface area (Å²) in [6.45, 7) is 4.17. The van der Waals surface area contributed by atoms with Crippen molar-refractivity contribution in [3.8, 4) is 0 Å². The molecule has 0 atom stereocenters. The maximum atomic E-state index is 11.1. The molecule has 3 nitrogen and oxygen atoms in total. The number of nitrogens with zero attached hydrogens (tertiary/aromatic N) is 2. The van der Waals surface area contributed by atoms with E-state index in [0.29, 0.717) is 12.3 Å². The first-order valence-electron chi connectivity index (χ1n) is 3.21. The number of thiol groups is 1. The molecule has 0 aliphatic heterocycles. The van der Waals surface area contributed by atoms with Crippen LogP contribution in [0, 0.1) is 0 Å². The fourth-order valence-electron chi connectivity index (χ4n) is 0.612. The molecule has 60 valence electrons. The Balaban J connectivity index is 3.90. The van der Waals surface area contributed by atoms with Crippen molar-refractivity contribution in [2.75, 3.05) is 18.8 Å². The molecule has 0 aliphatic rings. The Morgan fingerprint density at radius 3 is 2.82 bits per heavy atom. The molecule has 0 aromatic heterocycles. The van der Waals surface area contributed by atoms with E-state index >= 15 is 0 Å². The van der Waals surface area contributed by atoms with Gasteiger partial charge in [-0.05, 0) is 0 Å². The molecule has 0 saturated heterocycles. The zero-order valence-electron chi connectivity index (χ0n) is 6.36. The van der Waals surface area contributed by atoms with Crippen LogP contribution in [0.1, 0.15) is 0 Å². The molecule has 0 unspecified atom stereocenters. The second kappa shape index (κ2) is 6.16. The SMILES string of the molecule is B=NCC(=O)N(C=C)CCS. The molecule has 0 fully saturated rings. The quantitative estimate of drug-likeness (QED) is 0.456. The second-order valence-electron chi connectivity index (χ2n) is 1.88. The molecule has 0 aliphatic carbocycles. The van der Waals surface area contributed by atoms with Gasteiger partial charge in [0, 0.05) is 0 Å². The number of carbonyl (C=O) groups excluding carboxylic acids is 1. The summed E-state index contributed by atoms with van der Waals surface area (Å²) in [5, 5.41) is 0. The Bertz CT molecular complexity index is 163. The van der Waals surface area contributed by atoms with Crippen LogP contribution in [-0.2, 0) is 4.79 Å². The number of hydrogen-bond acceptors (Lipinski definition) is 3. The third-order valence-electron chi connectivity index (χ3n) is 1.13. The fourth-order valence-corrected chi connectivity index (χ4v) is 0.827. The van der Waals surface area contributed by atoms with E-state index in [9.17, 15) is 4.79 Å². The second-order valence-corrected chi connectivity index (χ2v) is 2.32. The predicted molar refractivity (Wildman–Crippen MR) is 50.2 cm³/mol. The third-order valence-corrected chi connectivity index (χ3v) is 1.33. The molecule has 0 heterocycles. The number of hydrogen-bond donors (Lipinski definition) is 1. The fraction of sp³-hybridized carbons (Fsp3) is 0.500. The topological polar surface area (TPSA) is 32.7 Å². The summed E-state index contributed by atoms with van der Waals surface area (Å²) in [7, 11) is 3.23. The molecule has 11 heavy (non-hydrogen) atoms. The molecule has 0 aromatic carbocycles. The van der Waals surface area contributed by atoms with Gasteiger partial charge in [-0.15, -0.1) is 0 Å². The van der Waals surface area contributed by atoms with Crippen molar-refractivity contribution < 1.29 is 4.79 Å². The van der Waals surface area contributed by atoms with Crippen molar-refractivity contribution in [2.45, 2.75) is 0 Å². The molecule has 0 saturated carbocycles. The Morgan fingerprint density at radius 2 is 2.45 bits per heavy atom. The summed E-state index contributed by atoms with van der Waals surface area (Å²) >= 11 is 3.99. The van der Waals surface area contributed by atoms with Gasteiger partial charge in [-0.3, -0.25) is 0 Å². The summed E-state index contributed by atoms with van der Waals surface area (Å²) in [5.41, 5.74) is 0. The maximum absolute atomic E-state index is 11.1. The van der Waals surface area contributed by atoms with Crippen LogP contribution in [0.5, 0.6) is 0 Å². The van der Waals surface area contributed by atoms with Gasteiger partial charge in [0.15, 0.2) is 0 Å². The normalized spacial score (nSPS) is 8.73. The zero-order chi connectivity index (χ0) is 8.69. The van der Waals surface area contributed by atoms with E-state index < -0.39 is 0 Å². The number of amides is 1. The van der Waals surface area contributed by atoms with E-state index in [-0.39, 0.29) is 12.5 Å². The van der Waals surface area contributed by atoms with E-state index in [1.807, 2.05) is 0 Å². The average molecular weight is 170 g/mol. The third kappa shape index (κ3) is 3.98. The minimum absolute atomic E-state index is 0.0935. The molecular formula is C6H11BN2OS. The first-order chi connectivity index (χ1) is 5.26. The van der Waals surface area contributed by atoms with Gasteiger partial charge in [-0.2, -0.15) is 0 Å². The standard InChI is InChI=1S/C6H11BN2OS/c1-2-9(3-4-11)6(10)5-8-7/h2,7,11H,1,3-5H2. The molecule has 0 aromatic rings. The molecule has 0 bridgehead atoms. The van der Waals surface area contributed by atoms with Crippen molar-refractivity contribution in [1.82, 2.24) is 4.90 Å². The van der Waals surface area contributed by atoms with Gasteiger partial charge in [0.25, 0.3) is 0 Å². The van der Waals surface area contributed by atoms with Crippen LogP contribution in [0.2, 0.25) is 0 Å². The summed E-state index contributed by atoms with van der Waals surface area (Å²) in [4.78, 5) is 16.0. The van der Waals surface area contributed by atoms with E-state index in [1.54, 1.807) is 0 Å². The van der Waals surface area contributed by atoms with Crippen molar-refractivity contribution in [1.29, 1.82) is 0 Å². The zero-order valence-corrected chi connectivity index (χ0v) is 7.26. The van der Waals surface area contributed by atoms with E-state index in [0.717, 1.165) is 0 Å². The monoisotopic (exact) mass is 170 g/mol. The van der Waals surface area contributed by atoms with Crippen LogP contribution in [0.4, 0.5) is 0 Å². The van der Waals surface area contributed by atoms with Gasteiger partial charge >= 0.3 is 72.4 Å². The number of rotatable bonds is 5. The molecular weight excluding hydrogens is 159 g/mol. The molecule has 0 radical (unpaired) electrons. The Labute approximate surface area is 73.0 Å². The Morgan fingerprint density at radius 1 is 1.82 bits per heavy atom. The molecule has 0 N–H and O–H groups in total. The Hall–Kier alpha value is -0.575. The summed E-state index contributed by atoms with van der Waals surface area (Å²) in [6.07, 6.45) is 1.48. The van der Waals surface area contributed by atoms with Crippen LogP contribution < -0.4 is 0 Å². The van der Waals surface area contributed by atoms with Crippen LogP contribution in [0.25, 0.3) is 0 Å². The van der Waals surface area contributed by atoms with Crippen LogP contribution in [0.15, 0.2) is 17.7 Å². The predicted octanol–water partition coefficient (Wildman–Crippen LogP) is -0.0273. The first kappa shape index (κ1) is 10.4. The molecule has 1 amide bonds. The van der Waals surface area contributed by atoms with E-state index in [4.69, 9.17) is 0 Å². The minimum atomic E-state index is -0.0935. The first-order valence-corrected chi connectivity index (χ1v) is 3.85. The van der Waals surface area contributed by atoms with Gasteiger partial charge in [-0.1, -0.05) is 0 Å².